The minimum Gasteiger partial charge on any atom is -0.0617 e. The van der Waals surface area contributed by atoms with E-state index in [1.807, 2.05) is 0 Å². The van der Waals surface area contributed by atoms with E-state index in [0.29, 0.717) is 0 Å². The van der Waals surface area contributed by atoms with Crippen LogP contribution < -0.4 is 0 Å². The third-order valence-electron chi connectivity index (χ3n) is 5.97. The van der Waals surface area contributed by atoms with Crippen molar-refractivity contribution in [1.82, 2.24) is 0 Å². The Bertz CT molecular complexity index is 443. The molecule has 3 rings (SSSR count). The standard InChI is InChI=1S/C22H34/c1-22(2,3)21-19(17-11-6-4-7-12-17)15-10-16-20(21)18-13-8-5-9-14-18/h10,15-18H,4-9,11-14H2,1-3H3. The summed E-state index contributed by atoms with van der Waals surface area (Å²) in [5, 5.41) is 0. The molecule has 2 fully saturated rings. The van der Waals surface area contributed by atoms with Crippen molar-refractivity contribution in [3.8, 4) is 0 Å². The van der Waals surface area contributed by atoms with Crippen molar-refractivity contribution in [1.29, 1.82) is 0 Å². The van der Waals surface area contributed by atoms with Gasteiger partial charge in [0, 0.05) is 0 Å². The SMILES string of the molecule is CC(C)(C)c1c(C2CCCCC2)cccc1C1CCCCC1. The summed E-state index contributed by atoms with van der Waals surface area (Å²) in [6.07, 6.45) is 14.3. The molecule has 22 heavy (non-hydrogen) atoms. The second-order valence-electron chi connectivity index (χ2n) is 8.73. The van der Waals surface area contributed by atoms with Crippen molar-refractivity contribution in [2.24, 2.45) is 0 Å². The maximum atomic E-state index is 2.46. The number of hydrogen-bond donors (Lipinski definition) is 0. The Morgan fingerprint density at radius 2 is 1.09 bits per heavy atom. The smallest absolute Gasteiger partial charge is 0.0126 e. The average Bonchev–Trinajstić information content (AvgIpc) is 2.55. The minimum absolute atomic E-state index is 0.279. The molecule has 2 aliphatic rings. The Balaban J connectivity index is 2.01. The monoisotopic (exact) mass is 298 g/mol. The zero-order valence-electron chi connectivity index (χ0n) is 15.0. The Kier molecular flexibility index (Phi) is 4.95. The molecule has 0 unspecified atom stereocenters. The van der Waals surface area contributed by atoms with E-state index in [1.54, 1.807) is 16.7 Å². The molecule has 122 valence electrons. The quantitative estimate of drug-likeness (QED) is 0.547. The first-order valence-corrected chi connectivity index (χ1v) is 9.70. The summed E-state index contributed by atoms with van der Waals surface area (Å²) < 4.78 is 0. The van der Waals surface area contributed by atoms with Gasteiger partial charge in [-0.15, -0.1) is 0 Å². The van der Waals surface area contributed by atoms with E-state index in [9.17, 15) is 0 Å². The second-order valence-corrected chi connectivity index (χ2v) is 8.73. The molecule has 0 aromatic heterocycles. The van der Waals surface area contributed by atoms with E-state index in [0.717, 1.165) is 11.8 Å². The second kappa shape index (κ2) is 6.77. The lowest BCUT2D eigenvalue weighted by atomic mass is 9.70. The van der Waals surface area contributed by atoms with Crippen LogP contribution in [0.3, 0.4) is 0 Å². The molecular formula is C22H34. The topological polar surface area (TPSA) is 0 Å². The lowest BCUT2D eigenvalue weighted by molar-refractivity contribution is 0.420. The molecule has 0 bridgehead atoms. The highest BCUT2D eigenvalue weighted by Crippen LogP contribution is 2.44. The summed E-state index contributed by atoms with van der Waals surface area (Å²) in [4.78, 5) is 0. The lowest BCUT2D eigenvalue weighted by Crippen LogP contribution is -2.22. The summed E-state index contributed by atoms with van der Waals surface area (Å²) in [6, 6.07) is 7.29. The van der Waals surface area contributed by atoms with Gasteiger partial charge in [0.1, 0.15) is 0 Å². The molecule has 0 spiro atoms. The van der Waals surface area contributed by atoms with Gasteiger partial charge in [-0.3, -0.25) is 0 Å². The van der Waals surface area contributed by atoms with Gasteiger partial charge in [-0.2, -0.15) is 0 Å². The highest BCUT2D eigenvalue weighted by atomic mass is 14.3. The maximum Gasteiger partial charge on any atom is -0.0126 e. The first-order chi connectivity index (χ1) is 10.6. The highest BCUT2D eigenvalue weighted by molar-refractivity contribution is 5.44. The summed E-state index contributed by atoms with van der Waals surface area (Å²) in [7, 11) is 0. The molecule has 0 nitrogen and oxygen atoms in total. The van der Waals surface area contributed by atoms with Crippen molar-refractivity contribution < 1.29 is 0 Å². The summed E-state index contributed by atoms with van der Waals surface area (Å²) in [5.74, 6) is 1.65. The van der Waals surface area contributed by atoms with Gasteiger partial charge in [0.05, 0.1) is 0 Å². The molecule has 0 amide bonds. The number of benzene rings is 1. The van der Waals surface area contributed by atoms with Gasteiger partial charge in [0.15, 0.2) is 0 Å². The predicted octanol–water partition coefficient (Wildman–Crippen LogP) is 7.08. The van der Waals surface area contributed by atoms with Crippen LogP contribution in [-0.2, 0) is 5.41 Å². The van der Waals surface area contributed by atoms with Crippen LogP contribution in [0.1, 0.15) is 114 Å². The summed E-state index contributed by atoms with van der Waals surface area (Å²) >= 11 is 0. The van der Waals surface area contributed by atoms with Gasteiger partial charge in [0.2, 0.25) is 0 Å². The van der Waals surface area contributed by atoms with E-state index in [-0.39, 0.29) is 5.41 Å². The Hall–Kier alpha value is -0.780. The zero-order valence-corrected chi connectivity index (χ0v) is 15.0. The average molecular weight is 299 g/mol. The normalized spacial score (nSPS) is 22.0. The lowest BCUT2D eigenvalue weighted by Gasteiger charge is -2.35. The molecule has 2 aliphatic carbocycles. The molecule has 0 saturated heterocycles. The molecule has 0 heterocycles. The maximum absolute atomic E-state index is 2.46. The van der Waals surface area contributed by atoms with Crippen molar-refractivity contribution in [3.63, 3.8) is 0 Å². The Morgan fingerprint density at radius 3 is 1.45 bits per heavy atom. The zero-order chi connectivity index (χ0) is 15.6. The van der Waals surface area contributed by atoms with E-state index in [2.05, 4.69) is 39.0 Å². The molecule has 0 heteroatoms. The van der Waals surface area contributed by atoms with Crippen molar-refractivity contribution in [2.45, 2.75) is 102 Å². The Labute approximate surface area is 137 Å². The molecule has 1 aromatic carbocycles. The van der Waals surface area contributed by atoms with E-state index in [4.69, 9.17) is 0 Å². The van der Waals surface area contributed by atoms with Crippen molar-refractivity contribution in [2.75, 3.05) is 0 Å². The van der Waals surface area contributed by atoms with Gasteiger partial charge >= 0.3 is 0 Å². The van der Waals surface area contributed by atoms with Gasteiger partial charge in [0.25, 0.3) is 0 Å². The van der Waals surface area contributed by atoms with Crippen LogP contribution in [0.4, 0.5) is 0 Å². The number of rotatable bonds is 2. The van der Waals surface area contributed by atoms with Gasteiger partial charge in [-0.25, -0.2) is 0 Å². The van der Waals surface area contributed by atoms with E-state index >= 15 is 0 Å². The first kappa shape index (κ1) is 16.1. The predicted molar refractivity (Wildman–Crippen MR) is 96.8 cm³/mol. The molecule has 0 aliphatic heterocycles. The molecule has 2 saturated carbocycles. The number of hydrogen-bond acceptors (Lipinski definition) is 0. The van der Waals surface area contributed by atoms with Crippen LogP contribution in [0.15, 0.2) is 18.2 Å². The third-order valence-corrected chi connectivity index (χ3v) is 5.97. The molecule has 0 atom stereocenters. The summed E-state index contributed by atoms with van der Waals surface area (Å²) in [5.41, 5.74) is 5.40. The van der Waals surface area contributed by atoms with Crippen molar-refractivity contribution >= 4 is 0 Å². The van der Waals surface area contributed by atoms with Gasteiger partial charge in [-0.05, 0) is 59.6 Å². The van der Waals surface area contributed by atoms with Crippen molar-refractivity contribution in [3.05, 3.63) is 34.9 Å². The molecule has 0 radical (unpaired) electrons. The van der Waals surface area contributed by atoms with Crippen LogP contribution in [0.25, 0.3) is 0 Å². The summed E-state index contributed by atoms with van der Waals surface area (Å²) in [6.45, 7) is 7.29. The van der Waals surface area contributed by atoms with E-state index in [1.165, 1.54) is 64.2 Å². The molecule has 1 aromatic rings. The molecular weight excluding hydrogens is 264 g/mol. The minimum atomic E-state index is 0.279. The van der Waals surface area contributed by atoms with Gasteiger partial charge < -0.3 is 0 Å². The Morgan fingerprint density at radius 1 is 0.682 bits per heavy atom. The fraction of sp³-hybridized carbons (Fsp3) is 0.727. The fourth-order valence-corrected chi connectivity index (χ4v) is 4.96. The van der Waals surface area contributed by atoms with Crippen LogP contribution >= 0.6 is 0 Å². The van der Waals surface area contributed by atoms with Crippen LogP contribution in [0.2, 0.25) is 0 Å². The van der Waals surface area contributed by atoms with Crippen LogP contribution in [0.5, 0.6) is 0 Å². The van der Waals surface area contributed by atoms with E-state index < -0.39 is 0 Å². The fourth-order valence-electron chi connectivity index (χ4n) is 4.96. The van der Waals surface area contributed by atoms with Crippen LogP contribution in [0, 0.1) is 0 Å². The highest BCUT2D eigenvalue weighted by Gasteiger charge is 2.29. The third kappa shape index (κ3) is 3.42. The largest absolute Gasteiger partial charge is 0.0617 e. The first-order valence-electron chi connectivity index (χ1n) is 9.70. The van der Waals surface area contributed by atoms with Crippen LogP contribution in [-0.4, -0.2) is 0 Å². The van der Waals surface area contributed by atoms with Gasteiger partial charge in [-0.1, -0.05) is 77.5 Å². The molecule has 0 N–H and O–H groups in total.